The van der Waals surface area contributed by atoms with E-state index in [0.29, 0.717) is 10.4 Å². The van der Waals surface area contributed by atoms with Crippen molar-refractivity contribution in [1.29, 1.82) is 0 Å². The van der Waals surface area contributed by atoms with Crippen molar-refractivity contribution < 1.29 is 9.18 Å². The number of thiophene rings is 1. The molecule has 0 aliphatic carbocycles. The molecule has 2 aromatic rings. The summed E-state index contributed by atoms with van der Waals surface area (Å²) in [4.78, 5) is 13.6. The molecule has 0 aliphatic heterocycles. The number of anilines is 1. The number of carbonyl (C=O) groups is 1. The van der Waals surface area contributed by atoms with Gasteiger partial charge in [-0.15, -0.1) is 11.3 Å². The van der Waals surface area contributed by atoms with Gasteiger partial charge >= 0.3 is 0 Å². The molecule has 2 N–H and O–H groups in total. The third-order valence-electron chi connectivity index (χ3n) is 2.15. The fraction of sp³-hybridized carbons (Fsp3) is 0.0833. The van der Waals surface area contributed by atoms with Crippen LogP contribution in [0.3, 0.4) is 0 Å². The van der Waals surface area contributed by atoms with E-state index in [2.05, 4.69) is 0 Å². The van der Waals surface area contributed by atoms with Crippen LogP contribution in [0.4, 0.5) is 10.1 Å². The molecule has 1 aromatic carbocycles. The molecule has 0 atom stereocenters. The summed E-state index contributed by atoms with van der Waals surface area (Å²) in [6.45, 7) is 1.92. The molecule has 0 fully saturated rings. The van der Waals surface area contributed by atoms with Crippen molar-refractivity contribution in [3.8, 4) is 0 Å². The van der Waals surface area contributed by atoms with Gasteiger partial charge in [-0.1, -0.05) is 0 Å². The third kappa shape index (κ3) is 2.12. The Labute approximate surface area is 96.5 Å². The average Bonchev–Trinajstić information content (AvgIpc) is 2.62. The quantitative estimate of drug-likeness (QED) is 0.642. The first-order valence-corrected chi connectivity index (χ1v) is 5.55. The SMILES string of the molecule is Cc1ccc(C(=O)c2cc(N)cc(F)c2)s1. The number of hydrogen-bond acceptors (Lipinski definition) is 3. The van der Waals surface area contributed by atoms with Gasteiger partial charge in [0.25, 0.3) is 0 Å². The second kappa shape index (κ2) is 4.06. The largest absolute Gasteiger partial charge is 0.399 e. The minimum atomic E-state index is -0.489. The van der Waals surface area contributed by atoms with Crippen LogP contribution in [0, 0.1) is 12.7 Å². The Morgan fingerprint density at radius 2 is 2.06 bits per heavy atom. The van der Waals surface area contributed by atoms with Crippen molar-refractivity contribution in [1.82, 2.24) is 0 Å². The lowest BCUT2D eigenvalue weighted by Crippen LogP contribution is -2.00. The summed E-state index contributed by atoms with van der Waals surface area (Å²) in [5.41, 5.74) is 6.04. The summed E-state index contributed by atoms with van der Waals surface area (Å²) in [7, 11) is 0. The molecule has 0 radical (unpaired) electrons. The summed E-state index contributed by atoms with van der Waals surface area (Å²) in [5.74, 6) is -0.680. The second-order valence-corrected chi connectivity index (χ2v) is 4.80. The van der Waals surface area contributed by atoms with Crippen molar-refractivity contribution in [3.63, 3.8) is 0 Å². The van der Waals surface area contributed by atoms with Gasteiger partial charge in [0.1, 0.15) is 5.82 Å². The number of rotatable bonds is 2. The molecule has 0 bridgehead atoms. The van der Waals surface area contributed by atoms with E-state index in [1.54, 1.807) is 6.07 Å². The molecule has 1 heterocycles. The highest BCUT2D eigenvalue weighted by Crippen LogP contribution is 2.21. The highest BCUT2D eigenvalue weighted by molar-refractivity contribution is 7.14. The van der Waals surface area contributed by atoms with Crippen LogP contribution < -0.4 is 5.73 Å². The first kappa shape index (κ1) is 10.8. The lowest BCUT2D eigenvalue weighted by Gasteiger charge is -2.00. The summed E-state index contributed by atoms with van der Waals surface area (Å²) in [5, 5.41) is 0. The first-order chi connectivity index (χ1) is 7.56. The zero-order valence-electron chi connectivity index (χ0n) is 8.66. The molecule has 2 rings (SSSR count). The van der Waals surface area contributed by atoms with Gasteiger partial charge in [-0.25, -0.2) is 4.39 Å². The van der Waals surface area contributed by atoms with E-state index in [1.807, 2.05) is 13.0 Å². The maximum absolute atomic E-state index is 13.1. The van der Waals surface area contributed by atoms with Crippen LogP contribution in [0.5, 0.6) is 0 Å². The van der Waals surface area contributed by atoms with Crippen molar-refractivity contribution in [2.75, 3.05) is 5.73 Å². The minimum absolute atomic E-state index is 0.190. The molecule has 2 nitrogen and oxygen atoms in total. The zero-order valence-corrected chi connectivity index (χ0v) is 9.48. The molecule has 0 saturated heterocycles. The van der Waals surface area contributed by atoms with E-state index in [4.69, 9.17) is 5.73 Å². The van der Waals surface area contributed by atoms with Crippen molar-refractivity contribution in [2.24, 2.45) is 0 Å². The number of nitrogens with two attached hydrogens (primary N) is 1. The van der Waals surface area contributed by atoms with E-state index >= 15 is 0 Å². The standard InChI is InChI=1S/C12H10FNOS/c1-7-2-3-11(16-7)12(15)8-4-9(13)6-10(14)5-8/h2-6H,14H2,1H3. The number of nitrogen functional groups attached to an aromatic ring is 1. The van der Waals surface area contributed by atoms with E-state index in [9.17, 15) is 9.18 Å². The van der Waals surface area contributed by atoms with Gasteiger partial charge in [-0.2, -0.15) is 0 Å². The van der Waals surface area contributed by atoms with Crippen LogP contribution in [0.1, 0.15) is 20.1 Å². The van der Waals surface area contributed by atoms with Crippen LogP contribution in [0.2, 0.25) is 0 Å². The van der Waals surface area contributed by atoms with Crippen LogP contribution in [-0.4, -0.2) is 5.78 Å². The molecular formula is C12H10FNOS. The lowest BCUT2D eigenvalue weighted by atomic mass is 10.1. The Morgan fingerprint density at radius 1 is 1.31 bits per heavy atom. The molecular weight excluding hydrogens is 225 g/mol. The van der Waals surface area contributed by atoms with Gasteiger partial charge in [0.05, 0.1) is 4.88 Å². The molecule has 0 unspecified atom stereocenters. The Hall–Kier alpha value is -1.68. The Bertz CT molecular complexity index is 527. The van der Waals surface area contributed by atoms with Crippen LogP contribution in [-0.2, 0) is 0 Å². The van der Waals surface area contributed by atoms with Crippen LogP contribution in [0.15, 0.2) is 30.3 Å². The van der Waals surface area contributed by atoms with E-state index in [0.717, 1.165) is 4.88 Å². The van der Waals surface area contributed by atoms with Gasteiger partial charge in [-0.05, 0) is 37.3 Å². The third-order valence-corrected chi connectivity index (χ3v) is 3.15. The zero-order chi connectivity index (χ0) is 11.7. The van der Waals surface area contributed by atoms with Crippen molar-refractivity contribution >= 4 is 22.8 Å². The highest BCUT2D eigenvalue weighted by Gasteiger charge is 2.12. The number of hydrogen-bond donors (Lipinski definition) is 1. The Morgan fingerprint density at radius 3 is 2.62 bits per heavy atom. The van der Waals surface area contributed by atoms with Crippen molar-refractivity contribution in [3.05, 3.63) is 51.5 Å². The number of benzene rings is 1. The number of halogens is 1. The number of ketones is 1. The van der Waals surface area contributed by atoms with E-state index < -0.39 is 5.82 Å². The fourth-order valence-corrected chi connectivity index (χ4v) is 2.27. The van der Waals surface area contributed by atoms with Gasteiger partial charge < -0.3 is 5.73 Å². The second-order valence-electron chi connectivity index (χ2n) is 3.51. The predicted octanol–water partition coefficient (Wildman–Crippen LogP) is 3.01. The van der Waals surface area contributed by atoms with E-state index in [-0.39, 0.29) is 11.5 Å². The minimum Gasteiger partial charge on any atom is -0.399 e. The van der Waals surface area contributed by atoms with Crippen LogP contribution >= 0.6 is 11.3 Å². The van der Waals surface area contributed by atoms with Gasteiger partial charge in [0.15, 0.2) is 0 Å². The smallest absolute Gasteiger partial charge is 0.203 e. The van der Waals surface area contributed by atoms with E-state index in [1.165, 1.54) is 29.5 Å². The van der Waals surface area contributed by atoms with Gasteiger partial charge in [0, 0.05) is 16.1 Å². The topological polar surface area (TPSA) is 43.1 Å². The summed E-state index contributed by atoms with van der Waals surface area (Å²) < 4.78 is 13.1. The van der Waals surface area contributed by atoms with Crippen molar-refractivity contribution in [2.45, 2.75) is 6.92 Å². The van der Waals surface area contributed by atoms with Gasteiger partial charge in [0.2, 0.25) is 5.78 Å². The summed E-state index contributed by atoms with van der Waals surface area (Å²) in [6, 6.07) is 7.48. The molecule has 16 heavy (non-hydrogen) atoms. The first-order valence-electron chi connectivity index (χ1n) is 4.73. The Balaban J connectivity index is 2.41. The molecule has 1 aromatic heterocycles. The molecule has 4 heteroatoms. The molecule has 82 valence electrons. The Kier molecular flexibility index (Phi) is 2.75. The lowest BCUT2D eigenvalue weighted by molar-refractivity contribution is 0.104. The van der Waals surface area contributed by atoms with Crippen LogP contribution in [0.25, 0.3) is 0 Å². The molecule has 0 aliphatic rings. The average molecular weight is 235 g/mol. The predicted molar refractivity (Wildman–Crippen MR) is 63.3 cm³/mol. The highest BCUT2D eigenvalue weighted by atomic mass is 32.1. The monoisotopic (exact) mass is 235 g/mol. The summed E-state index contributed by atoms with van der Waals surface area (Å²) >= 11 is 1.39. The molecule has 0 amide bonds. The molecule has 0 spiro atoms. The van der Waals surface area contributed by atoms with Gasteiger partial charge in [-0.3, -0.25) is 4.79 Å². The maximum Gasteiger partial charge on any atom is 0.203 e. The number of aryl methyl sites for hydroxylation is 1. The molecule has 0 saturated carbocycles. The summed E-state index contributed by atoms with van der Waals surface area (Å²) in [6.07, 6.45) is 0. The maximum atomic E-state index is 13.1. The normalized spacial score (nSPS) is 10.4. The fourth-order valence-electron chi connectivity index (χ4n) is 1.44. The number of carbonyl (C=O) groups excluding carboxylic acids is 1.